The van der Waals surface area contributed by atoms with Gasteiger partial charge in [0, 0.05) is 12.6 Å². The molecule has 0 saturated heterocycles. The third-order valence-corrected chi connectivity index (χ3v) is 3.73. The van der Waals surface area contributed by atoms with Gasteiger partial charge in [-0.15, -0.1) is 0 Å². The second-order valence-corrected chi connectivity index (χ2v) is 5.79. The average Bonchev–Trinajstić information content (AvgIpc) is 3.27. The summed E-state index contributed by atoms with van der Waals surface area (Å²) in [5.41, 5.74) is 3.05. The monoisotopic (exact) mass is 285 g/mol. The number of rotatable bonds is 5. The van der Waals surface area contributed by atoms with Crippen molar-refractivity contribution in [2.45, 2.75) is 39.3 Å². The number of hydrogen-bond donors (Lipinski definition) is 1. The fourth-order valence-corrected chi connectivity index (χ4v) is 2.22. The van der Waals surface area contributed by atoms with Crippen LogP contribution in [0.2, 0.25) is 0 Å². The minimum absolute atomic E-state index is 0.277. The number of hydrogen-bond acceptors (Lipinski definition) is 2. The van der Waals surface area contributed by atoms with Crippen molar-refractivity contribution in [3.8, 4) is 11.5 Å². The van der Waals surface area contributed by atoms with E-state index in [4.69, 9.17) is 4.74 Å². The fourth-order valence-electron chi connectivity index (χ4n) is 2.22. The van der Waals surface area contributed by atoms with E-state index in [-0.39, 0.29) is 11.6 Å². The zero-order chi connectivity index (χ0) is 14.8. The zero-order valence-corrected chi connectivity index (χ0v) is 12.4. The predicted molar refractivity (Wildman–Crippen MR) is 82.3 cm³/mol. The first-order valence-corrected chi connectivity index (χ1v) is 7.39. The molecule has 1 fully saturated rings. The first-order chi connectivity index (χ1) is 10.1. The highest BCUT2D eigenvalue weighted by Crippen LogP contribution is 2.28. The molecule has 1 aliphatic carbocycles. The lowest BCUT2D eigenvalue weighted by Gasteiger charge is -2.11. The number of nitrogens with one attached hydrogen (secondary N) is 1. The molecule has 21 heavy (non-hydrogen) atoms. The van der Waals surface area contributed by atoms with Gasteiger partial charge >= 0.3 is 0 Å². The third-order valence-electron chi connectivity index (χ3n) is 3.73. The van der Waals surface area contributed by atoms with Crippen molar-refractivity contribution in [3.05, 3.63) is 58.9 Å². The summed E-state index contributed by atoms with van der Waals surface area (Å²) in [5.74, 6) is 0.669. The Morgan fingerprint density at radius 1 is 1.10 bits per heavy atom. The molecule has 110 valence electrons. The maximum Gasteiger partial charge on any atom is 0.166 e. The highest BCUT2D eigenvalue weighted by atomic mass is 19.1. The maximum absolute atomic E-state index is 14.2. The van der Waals surface area contributed by atoms with Crippen LogP contribution in [0.25, 0.3) is 0 Å². The molecule has 0 radical (unpaired) electrons. The van der Waals surface area contributed by atoms with Crippen molar-refractivity contribution in [2.75, 3.05) is 0 Å². The van der Waals surface area contributed by atoms with Crippen molar-refractivity contribution in [1.29, 1.82) is 0 Å². The second-order valence-electron chi connectivity index (χ2n) is 5.79. The third kappa shape index (κ3) is 3.61. The highest BCUT2D eigenvalue weighted by Gasteiger charge is 2.20. The lowest BCUT2D eigenvalue weighted by molar-refractivity contribution is 0.438. The minimum Gasteiger partial charge on any atom is -0.454 e. The van der Waals surface area contributed by atoms with E-state index < -0.39 is 0 Å². The van der Waals surface area contributed by atoms with Crippen LogP contribution in [0.5, 0.6) is 11.5 Å². The number of aryl methyl sites for hydroxylation is 2. The fraction of sp³-hybridized carbons (Fsp3) is 0.333. The van der Waals surface area contributed by atoms with Gasteiger partial charge in [-0.2, -0.15) is 0 Å². The lowest BCUT2D eigenvalue weighted by Crippen LogP contribution is -2.15. The van der Waals surface area contributed by atoms with Crippen LogP contribution < -0.4 is 10.1 Å². The van der Waals surface area contributed by atoms with Gasteiger partial charge in [-0.05, 0) is 61.6 Å². The quantitative estimate of drug-likeness (QED) is 0.874. The van der Waals surface area contributed by atoms with Gasteiger partial charge in [-0.1, -0.05) is 18.2 Å². The topological polar surface area (TPSA) is 21.3 Å². The van der Waals surface area contributed by atoms with Crippen molar-refractivity contribution < 1.29 is 9.13 Å². The first kappa shape index (κ1) is 14.1. The summed E-state index contributed by atoms with van der Waals surface area (Å²) in [6.45, 7) is 4.67. The molecule has 0 spiro atoms. The standard InChI is InChI=1S/C18H20FNO/c1-12-3-4-13(2)18(9-12)21-17-8-5-14(10-16(17)19)11-20-15-6-7-15/h3-5,8-10,15,20H,6-7,11H2,1-2H3. The van der Waals surface area contributed by atoms with Gasteiger partial charge in [0.2, 0.25) is 0 Å². The maximum atomic E-state index is 14.2. The summed E-state index contributed by atoms with van der Waals surface area (Å²) in [7, 11) is 0. The normalized spacial score (nSPS) is 14.2. The molecule has 3 rings (SSSR count). The van der Waals surface area contributed by atoms with Gasteiger partial charge in [0.05, 0.1) is 0 Å². The summed E-state index contributed by atoms with van der Waals surface area (Å²) in [6, 6.07) is 11.7. The number of benzene rings is 2. The Hall–Kier alpha value is -1.87. The van der Waals surface area contributed by atoms with Crippen molar-refractivity contribution in [1.82, 2.24) is 5.32 Å². The molecule has 0 amide bonds. The molecule has 1 saturated carbocycles. The Balaban J connectivity index is 1.74. The molecule has 2 aromatic carbocycles. The SMILES string of the molecule is Cc1ccc(C)c(Oc2ccc(CNC3CC3)cc2F)c1. The van der Waals surface area contributed by atoms with Crippen molar-refractivity contribution in [2.24, 2.45) is 0 Å². The van der Waals surface area contributed by atoms with E-state index in [1.807, 2.05) is 38.1 Å². The molecule has 0 bridgehead atoms. The Labute approximate surface area is 125 Å². The number of ether oxygens (including phenoxy) is 1. The molecule has 1 aliphatic rings. The Morgan fingerprint density at radius 2 is 1.90 bits per heavy atom. The largest absolute Gasteiger partial charge is 0.454 e. The molecule has 3 heteroatoms. The summed E-state index contributed by atoms with van der Waals surface area (Å²) in [4.78, 5) is 0. The molecule has 2 nitrogen and oxygen atoms in total. The van der Waals surface area contributed by atoms with Gasteiger partial charge in [-0.3, -0.25) is 0 Å². The Bertz CT molecular complexity index is 650. The first-order valence-electron chi connectivity index (χ1n) is 7.39. The lowest BCUT2D eigenvalue weighted by atomic mass is 10.1. The highest BCUT2D eigenvalue weighted by molar-refractivity contribution is 5.40. The molecular weight excluding hydrogens is 265 g/mol. The average molecular weight is 285 g/mol. The van der Waals surface area contributed by atoms with E-state index in [0.29, 0.717) is 18.3 Å². The van der Waals surface area contributed by atoms with Crippen LogP contribution >= 0.6 is 0 Å². The summed E-state index contributed by atoms with van der Waals surface area (Å²) in [6.07, 6.45) is 2.46. The van der Waals surface area contributed by atoms with Crippen LogP contribution in [-0.4, -0.2) is 6.04 Å². The van der Waals surface area contributed by atoms with Crippen LogP contribution in [0.15, 0.2) is 36.4 Å². The van der Waals surface area contributed by atoms with Crippen LogP contribution in [-0.2, 0) is 6.54 Å². The van der Waals surface area contributed by atoms with Crippen molar-refractivity contribution in [3.63, 3.8) is 0 Å². The van der Waals surface area contributed by atoms with E-state index in [0.717, 1.165) is 16.7 Å². The van der Waals surface area contributed by atoms with Gasteiger partial charge < -0.3 is 10.1 Å². The van der Waals surface area contributed by atoms with E-state index in [2.05, 4.69) is 5.32 Å². The summed E-state index contributed by atoms with van der Waals surface area (Å²) < 4.78 is 19.9. The summed E-state index contributed by atoms with van der Waals surface area (Å²) >= 11 is 0. The summed E-state index contributed by atoms with van der Waals surface area (Å²) in [5, 5.41) is 3.38. The molecule has 2 aromatic rings. The second kappa shape index (κ2) is 5.86. The molecule has 0 heterocycles. The van der Waals surface area contributed by atoms with Crippen molar-refractivity contribution >= 4 is 0 Å². The molecule has 0 atom stereocenters. The van der Waals surface area contributed by atoms with E-state index in [9.17, 15) is 4.39 Å². The van der Waals surface area contributed by atoms with E-state index >= 15 is 0 Å². The van der Waals surface area contributed by atoms with Crippen LogP contribution in [0.4, 0.5) is 4.39 Å². The minimum atomic E-state index is -0.314. The van der Waals surface area contributed by atoms with Crippen LogP contribution in [0.1, 0.15) is 29.5 Å². The van der Waals surface area contributed by atoms with Crippen LogP contribution in [0.3, 0.4) is 0 Å². The van der Waals surface area contributed by atoms with Gasteiger partial charge in [0.1, 0.15) is 5.75 Å². The van der Waals surface area contributed by atoms with Gasteiger partial charge in [0.25, 0.3) is 0 Å². The van der Waals surface area contributed by atoms with E-state index in [1.54, 1.807) is 12.1 Å². The van der Waals surface area contributed by atoms with E-state index in [1.165, 1.54) is 12.8 Å². The Morgan fingerprint density at radius 3 is 2.62 bits per heavy atom. The van der Waals surface area contributed by atoms with Gasteiger partial charge in [-0.25, -0.2) is 4.39 Å². The Kier molecular flexibility index (Phi) is 3.93. The molecular formula is C18H20FNO. The zero-order valence-electron chi connectivity index (χ0n) is 12.4. The number of halogens is 1. The molecule has 1 N–H and O–H groups in total. The van der Waals surface area contributed by atoms with Crippen LogP contribution in [0, 0.1) is 19.7 Å². The predicted octanol–water partition coefficient (Wildman–Crippen LogP) is 4.49. The molecule has 0 aliphatic heterocycles. The molecule has 0 unspecified atom stereocenters. The van der Waals surface area contributed by atoms with Gasteiger partial charge in [0.15, 0.2) is 11.6 Å². The smallest absolute Gasteiger partial charge is 0.166 e. The molecule has 0 aromatic heterocycles.